The zero-order valence-electron chi connectivity index (χ0n) is 11.4. The maximum atomic E-state index is 10.6. The number of rotatable bonds is 4. The van der Waals surface area contributed by atoms with Gasteiger partial charge in [-0.05, 0) is 30.7 Å². The minimum Gasteiger partial charge on any atom is -0.481 e. The summed E-state index contributed by atoms with van der Waals surface area (Å²) >= 11 is 0. The maximum absolute atomic E-state index is 10.6. The van der Waals surface area contributed by atoms with Gasteiger partial charge in [0.15, 0.2) is 12.2 Å². The van der Waals surface area contributed by atoms with E-state index in [9.17, 15) is 4.79 Å². The topological polar surface area (TPSA) is 72.6 Å². The van der Waals surface area contributed by atoms with Gasteiger partial charge in [-0.25, -0.2) is 9.78 Å². The molecule has 0 radical (unpaired) electrons. The van der Waals surface area contributed by atoms with Gasteiger partial charge in [0.25, 0.3) is 0 Å². The van der Waals surface area contributed by atoms with Crippen LogP contribution in [0.3, 0.4) is 0 Å². The van der Waals surface area contributed by atoms with E-state index in [2.05, 4.69) is 4.98 Å². The van der Waals surface area contributed by atoms with E-state index in [-0.39, 0.29) is 0 Å². The number of hydrogen-bond acceptors (Lipinski definition) is 4. The van der Waals surface area contributed by atoms with Gasteiger partial charge in [0.1, 0.15) is 11.3 Å². The van der Waals surface area contributed by atoms with Crippen molar-refractivity contribution in [2.24, 2.45) is 0 Å². The molecule has 106 valence electrons. The molecule has 1 heterocycles. The fraction of sp³-hybridized carbons (Fsp3) is 0.125. The highest BCUT2D eigenvalue weighted by molar-refractivity contribution is 5.80. The van der Waals surface area contributed by atoms with Crippen LogP contribution < -0.4 is 4.74 Å². The molecule has 3 rings (SSSR count). The molecule has 5 heteroatoms. The number of aromatic nitrogens is 1. The van der Waals surface area contributed by atoms with Crippen LogP contribution in [0.4, 0.5) is 0 Å². The van der Waals surface area contributed by atoms with Crippen LogP contribution >= 0.6 is 0 Å². The molecule has 0 spiro atoms. The van der Waals surface area contributed by atoms with Gasteiger partial charge in [-0.1, -0.05) is 24.3 Å². The standard InChI is InChI=1S/C16H13NO4/c1-10-5-4-8-13-15(10)17-16(21-13)11-6-2-3-7-12(11)20-9-14(18)19/h2-8H,9H2,1H3,(H,18,19). The minimum absolute atomic E-state index is 0.406. The summed E-state index contributed by atoms with van der Waals surface area (Å²) in [6.07, 6.45) is 0. The fourth-order valence-electron chi connectivity index (χ4n) is 2.11. The summed E-state index contributed by atoms with van der Waals surface area (Å²) in [4.78, 5) is 15.1. The number of benzene rings is 2. The number of para-hydroxylation sites is 2. The van der Waals surface area contributed by atoms with Crippen LogP contribution in [0.2, 0.25) is 0 Å². The molecule has 0 unspecified atom stereocenters. The van der Waals surface area contributed by atoms with Crippen molar-refractivity contribution in [3.05, 3.63) is 48.0 Å². The van der Waals surface area contributed by atoms with Crippen molar-refractivity contribution in [3.8, 4) is 17.2 Å². The highest BCUT2D eigenvalue weighted by Crippen LogP contribution is 2.32. The lowest BCUT2D eigenvalue weighted by molar-refractivity contribution is -0.139. The fourth-order valence-corrected chi connectivity index (χ4v) is 2.11. The Kier molecular flexibility index (Phi) is 3.31. The monoisotopic (exact) mass is 283 g/mol. The van der Waals surface area contributed by atoms with Crippen molar-refractivity contribution in [1.29, 1.82) is 0 Å². The summed E-state index contributed by atoms with van der Waals surface area (Å²) in [7, 11) is 0. The molecule has 0 aliphatic carbocycles. The Hall–Kier alpha value is -2.82. The molecule has 0 aliphatic rings. The second-order valence-corrected chi connectivity index (χ2v) is 4.62. The van der Waals surface area contributed by atoms with Crippen LogP contribution in [-0.4, -0.2) is 22.7 Å². The quantitative estimate of drug-likeness (QED) is 0.795. The SMILES string of the molecule is Cc1cccc2oc(-c3ccccc3OCC(=O)O)nc12. The Labute approximate surface area is 120 Å². The van der Waals surface area contributed by atoms with Crippen molar-refractivity contribution in [2.75, 3.05) is 6.61 Å². The normalized spacial score (nSPS) is 10.7. The first-order valence-electron chi connectivity index (χ1n) is 6.45. The lowest BCUT2D eigenvalue weighted by Gasteiger charge is -2.06. The van der Waals surface area contributed by atoms with E-state index in [1.807, 2.05) is 31.2 Å². The molecule has 0 aliphatic heterocycles. The van der Waals surface area contributed by atoms with Crippen molar-refractivity contribution < 1.29 is 19.1 Å². The first-order valence-corrected chi connectivity index (χ1v) is 6.45. The van der Waals surface area contributed by atoms with Gasteiger partial charge < -0.3 is 14.3 Å². The van der Waals surface area contributed by atoms with Crippen molar-refractivity contribution >= 4 is 17.1 Å². The Morgan fingerprint density at radius 3 is 2.81 bits per heavy atom. The van der Waals surface area contributed by atoms with Crippen molar-refractivity contribution in [2.45, 2.75) is 6.92 Å². The zero-order valence-corrected chi connectivity index (χ0v) is 11.4. The molecule has 5 nitrogen and oxygen atoms in total. The van der Waals surface area contributed by atoms with Gasteiger partial charge >= 0.3 is 5.97 Å². The van der Waals surface area contributed by atoms with E-state index in [1.54, 1.807) is 18.2 Å². The number of fused-ring (bicyclic) bond motifs is 1. The molecule has 21 heavy (non-hydrogen) atoms. The van der Waals surface area contributed by atoms with Crippen LogP contribution in [0.1, 0.15) is 5.56 Å². The van der Waals surface area contributed by atoms with Crippen LogP contribution in [0.25, 0.3) is 22.6 Å². The average molecular weight is 283 g/mol. The summed E-state index contributed by atoms with van der Waals surface area (Å²) in [6, 6.07) is 12.8. The number of ether oxygens (including phenoxy) is 1. The largest absolute Gasteiger partial charge is 0.481 e. The molecule has 0 atom stereocenters. The molecule has 0 saturated heterocycles. The van der Waals surface area contributed by atoms with Crippen molar-refractivity contribution in [3.63, 3.8) is 0 Å². The number of carbonyl (C=O) groups is 1. The average Bonchev–Trinajstić information content (AvgIpc) is 2.91. The molecule has 0 amide bonds. The molecular weight excluding hydrogens is 270 g/mol. The number of aliphatic carboxylic acids is 1. The molecule has 1 N–H and O–H groups in total. The Morgan fingerprint density at radius 1 is 1.24 bits per heavy atom. The summed E-state index contributed by atoms with van der Waals surface area (Å²) in [5.74, 6) is -0.178. The Bertz CT molecular complexity index is 807. The highest BCUT2D eigenvalue weighted by atomic mass is 16.5. The van der Waals surface area contributed by atoms with Gasteiger partial charge in [-0.2, -0.15) is 0 Å². The smallest absolute Gasteiger partial charge is 0.341 e. The molecule has 2 aromatic carbocycles. The third kappa shape index (κ3) is 2.58. The van der Waals surface area contributed by atoms with Gasteiger partial charge in [0.05, 0.1) is 5.56 Å². The van der Waals surface area contributed by atoms with Crippen LogP contribution in [0, 0.1) is 6.92 Å². The lowest BCUT2D eigenvalue weighted by Crippen LogP contribution is -2.09. The van der Waals surface area contributed by atoms with E-state index < -0.39 is 12.6 Å². The number of carboxylic acid groups (broad SMARTS) is 1. The number of aryl methyl sites for hydroxylation is 1. The van der Waals surface area contributed by atoms with Gasteiger partial charge in [0.2, 0.25) is 5.89 Å². The summed E-state index contributed by atoms with van der Waals surface area (Å²) in [5, 5.41) is 8.72. The third-order valence-corrected chi connectivity index (χ3v) is 3.09. The Morgan fingerprint density at radius 2 is 2.05 bits per heavy atom. The Balaban J connectivity index is 2.06. The predicted octanol–water partition coefficient (Wildman–Crippen LogP) is 3.27. The molecule has 0 saturated carbocycles. The van der Waals surface area contributed by atoms with Gasteiger partial charge in [0, 0.05) is 0 Å². The highest BCUT2D eigenvalue weighted by Gasteiger charge is 2.14. The number of nitrogens with zero attached hydrogens (tertiary/aromatic N) is 1. The zero-order chi connectivity index (χ0) is 14.8. The van der Waals surface area contributed by atoms with E-state index in [0.717, 1.165) is 11.1 Å². The second kappa shape index (κ2) is 5.28. The number of carboxylic acids is 1. The van der Waals surface area contributed by atoms with Crippen LogP contribution in [0.15, 0.2) is 46.9 Å². The number of hydrogen-bond donors (Lipinski definition) is 1. The van der Waals surface area contributed by atoms with E-state index in [0.29, 0.717) is 22.8 Å². The summed E-state index contributed by atoms with van der Waals surface area (Å²) in [6.45, 7) is 1.55. The minimum atomic E-state index is -1.03. The molecule has 0 fully saturated rings. The summed E-state index contributed by atoms with van der Waals surface area (Å²) < 4.78 is 11.0. The van der Waals surface area contributed by atoms with Gasteiger partial charge in [-0.3, -0.25) is 0 Å². The first kappa shape index (κ1) is 13.2. The van der Waals surface area contributed by atoms with Crippen molar-refractivity contribution in [1.82, 2.24) is 4.98 Å². The van der Waals surface area contributed by atoms with Crippen LogP contribution in [-0.2, 0) is 4.79 Å². The summed E-state index contributed by atoms with van der Waals surface area (Å²) in [5.41, 5.74) is 3.14. The van der Waals surface area contributed by atoms with E-state index in [4.69, 9.17) is 14.3 Å². The molecular formula is C16H13NO4. The maximum Gasteiger partial charge on any atom is 0.341 e. The second-order valence-electron chi connectivity index (χ2n) is 4.62. The third-order valence-electron chi connectivity index (χ3n) is 3.09. The number of oxazole rings is 1. The van der Waals surface area contributed by atoms with E-state index in [1.165, 1.54) is 0 Å². The molecule has 0 bridgehead atoms. The van der Waals surface area contributed by atoms with Gasteiger partial charge in [-0.15, -0.1) is 0 Å². The first-order chi connectivity index (χ1) is 10.1. The molecule has 3 aromatic rings. The van der Waals surface area contributed by atoms with E-state index >= 15 is 0 Å². The predicted molar refractivity (Wildman–Crippen MR) is 77.3 cm³/mol. The lowest BCUT2D eigenvalue weighted by atomic mass is 10.2. The van der Waals surface area contributed by atoms with Crippen LogP contribution in [0.5, 0.6) is 5.75 Å². The molecule has 1 aromatic heterocycles.